The van der Waals surface area contributed by atoms with Gasteiger partial charge in [0.15, 0.2) is 5.65 Å². The van der Waals surface area contributed by atoms with Crippen LogP contribution in [0, 0.1) is 5.82 Å². The van der Waals surface area contributed by atoms with E-state index < -0.39 is 0 Å². The van der Waals surface area contributed by atoms with Gasteiger partial charge >= 0.3 is 0 Å². The minimum atomic E-state index is -0.317. The zero-order chi connectivity index (χ0) is 18.1. The van der Waals surface area contributed by atoms with Crippen molar-refractivity contribution in [2.24, 2.45) is 7.05 Å². The second-order valence-electron chi connectivity index (χ2n) is 5.95. The average Bonchev–Trinajstić information content (AvgIpc) is 3.03. The summed E-state index contributed by atoms with van der Waals surface area (Å²) >= 11 is 0. The molecular formula is C19H16FN5O. The van der Waals surface area contributed by atoms with Gasteiger partial charge < -0.3 is 5.32 Å². The van der Waals surface area contributed by atoms with Crippen LogP contribution >= 0.6 is 0 Å². The van der Waals surface area contributed by atoms with Crippen molar-refractivity contribution < 1.29 is 4.39 Å². The van der Waals surface area contributed by atoms with E-state index in [9.17, 15) is 9.18 Å². The Morgan fingerprint density at radius 1 is 1.15 bits per heavy atom. The molecule has 0 fully saturated rings. The third-order valence-corrected chi connectivity index (χ3v) is 4.21. The van der Waals surface area contributed by atoms with E-state index in [0.29, 0.717) is 16.6 Å². The van der Waals surface area contributed by atoms with Gasteiger partial charge in [-0.1, -0.05) is 42.5 Å². The zero-order valence-electron chi connectivity index (χ0n) is 14.0. The first kappa shape index (κ1) is 16.0. The third-order valence-electron chi connectivity index (χ3n) is 4.21. The van der Waals surface area contributed by atoms with Gasteiger partial charge in [-0.3, -0.25) is 14.5 Å². The molecule has 0 saturated heterocycles. The number of aromatic amines is 1. The number of halogens is 1. The summed E-state index contributed by atoms with van der Waals surface area (Å²) in [5.74, 6) is -0.0413. The predicted molar refractivity (Wildman–Crippen MR) is 98.3 cm³/mol. The molecule has 0 aliphatic carbocycles. The molecule has 2 N–H and O–H groups in total. The van der Waals surface area contributed by atoms with Gasteiger partial charge in [0.1, 0.15) is 11.2 Å². The number of nitrogens with zero attached hydrogens (tertiary/aromatic N) is 3. The van der Waals surface area contributed by atoms with E-state index in [4.69, 9.17) is 0 Å². The van der Waals surface area contributed by atoms with Crippen LogP contribution in [0.1, 0.15) is 5.56 Å². The number of rotatable bonds is 4. The lowest BCUT2D eigenvalue weighted by atomic mass is 10.0. The number of aromatic nitrogens is 4. The van der Waals surface area contributed by atoms with Crippen LogP contribution in [0.3, 0.4) is 0 Å². The summed E-state index contributed by atoms with van der Waals surface area (Å²) in [6, 6.07) is 14.7. The van der Waals surface area contributed by atoms with Gasteiger partial charge in [-0.05, 0) is 17.2 Å². The summed E-state index contributed by atoms with van der Waals surface area (Å²) in [7, 11) is 1.71. The SMILES string of the molecule is Cn1ncc2c(=O)[nH]c(NCc3ccc(-c4ccccc4)cc3F)nc21. The van der Waals surface area contributed by atoms with Crippen molar-refractivity contribution in [3.8, 4) is 11.1 Å². The molecule has 2 heterocycles. The van der Waals surface area contributed by atoms with Crippen molar-refractivity contribution in [3.63, 3.8) is 0 Å². The third kappa shape index (κ3) is 2.95. The molecule has 0 atom stereocenters. The van der Waals surface area contributed by atoms with Crippen LogP contribution in [0.25, 0.3) is 22.2 Å². The van der Waals surface area contributed by atoms with Crippen LogP contribution in [0.15, 0.2) is 59.5 Å². The quantitative estimate of drug-likeness (QED) is 0.594. The molecule has 2 aromatic heterocycles. The van der Waals surface area contributed by atoms with E-state index in [1.54, 1.807) is 13.1 Å². The average molecular weight is 349 g/mol. The molecule has 0 saturated carbocycles. The maximum Gasteiger partial charge on any atom is 0.263 e. The summed E-state index contributed by atoms with van der Waals surface area (Å²) in [5.41, 5.74) is 2.44. The van der Waals surface area contributed by atoms with Gasteiger partial charge in [0, 0.05) is 19.2 Å². The van der Waals surface area contributed by atoms with E-state index in [0.717, 1.165) is 11.1 Å². The van der Waals surface area contributed by atoms with E-state index in [1.807, 2.05) is 36.4 Å². The summed E-state index contributed by atoms with van der Waals surface area (Å²) < 4.78 is 16.0. The molecule has 26 heavy (non-hydrogen) atoms. The number of fused-ring (bicyclic) bond motifs is 1. The second kappa shape index (κ2) is 6.44. The molecule has 0 aliphatic rings. The number of hydrogen-bond donors (Lipinski definition) is 2. The maximum atomic E-state index is 14.4. The first-order valence-electron chi connectivity index (χ1n) is 8.11. The van der Waals surface area contributed by atoms with Crippen LogP contribution in [0.4, 0.5) is 10.3 Å². The summed E-state index contributed by atoms with van der Waals surface area (Å²) in [6.45, 7) is 0.202. The smallest absolute Gasteiger partial charge is 0.263 e. The van der Waals surface area contributed by atoms with Crippen LogP contribution < -0.4 is 10.9 Å². The number of H-pyrrole nitrogens is 1. The highest BCUT2D eigenvalue weighted by molar-refractivity contribution is 5.74. The highest BCUT2D eigenvalue weighted by Gasteiger charge is 2.09. The molecule has 2 aromatic carbocycles. The molecule has 6 nitrogen and oxygen atoms in total. The first-order chi connectivity index (χ1) is 12.6. The highest BCUT2D eigenvalue weighted by atomic mass is 19.1. The fourth-order valence-corrected chi connectivity index (χ4v) is 2.80. The minimum Gasteiger partial charge on any atom is -0.351 e. The Hall–Kier alpha value is -3.48. The Bertz CT molecular complexity index is 1130. The zero-order valence-corrected chi connectivity index (χ0v) is 14.0. The molecule has 0 amide bonds. The number of aryl methyl sites for hydroxylation is 1. The lowest BCUT2D eigenvalue weighted by molar-refractivity contribution is 0.613. The predicted octanol–water partition coefficient (Wildman–Crippen LogP) is 3.07. The topological polar surface area (TPSA) is 75.6 Å². The lowest BCUT2D eigenvalue weighted by Gasteiger charge is -2.09. The summed E-state index contributed by atoms with van der Waals surface area (Å²) in [5, 5.41) is 7.39. The fraction of sp³-hybridized carbons (Fsp3) is 0.105. The van der Waals surface area contributed by atoms with E-state index >= 15 is 0 Å². The van der Waals surface area contributed by atoms with Crippen LogP contribution in [0.5, 0.6) is 0 Å². The molecule has 0 spiro atoms. The van der Waals surface area contributed by atoms with E-state index in [2.05, 4.69) is 20.4 Å². The van der Waals surface area contributed by atoms with E-state index in [-0.39, 0.29) is 23.9 Å². The van der Waals surface area contributed by atoms with Crippen molar-refractivity contribution in [3.05, 3.63) is 76.5 Å². The number of nitrogens with one attached hydrogen (secondary N) is 2. The molecule has 0 bridgehead atoms. The minimum absolute atomic E-state index is 0.202. The molecular weight excluding hydrogens is 333 g/mol. The molecule has 4 rings (SSSR count). The Kier molecular flexibility index (Phi) is 3.96. The van der Waals surface area contributed by atoms with Gasteiger partial charge in [0.25, 0.3) is 5.56 Å². The van der Waals surface area contributed by atoms with Gasteiger partial charge in [-0.25, -0.2) is 4.39 Å². The molecule has 4 aromatic rings. The van der Waals surface area contributed by atoms with Crippen molar-refractivity contribution in [2.45, 2.75) is 6.54 Å². The maximum absolute atomic E-state index is 14.4. The lowest BCUT2D eigenvalue weighted by Crippen LogP contribution is -2.13. The summed E-state index contributed by atoms with van der Waals surface area (Å²) in [4.78, 5) is 19.0. The Balaban J connectivity index is 1.57. The van der Waals surface area contributed by atoms with Crippen LogP contribution in [-0.4, -0.2) is 19.7 Å². The highest BCUT2D eigenvalue weighted by Crippen LogP contribution is 2.22. The van der Waals surface area contributed by atoms with Gasteiger partial charge in [0.2, 0.25) is 5.95 Å². The van der Waals surface area contributed by atoms with Crippen LogP contribution in [-0.2, 0) is 13.6 Å². The number of hydrogen-bond acceptors (Lipinski definition) is 4. The van der Waals surface area contributed by atoms with Crippen LogP contribution in [0.2, 0.25) is 0 Å². The standard InChI is InChI=1S/C19H16FN5O/c1-25-17-15(11-22-25)18(26)24-19(23-17)21-10-14-8-7-13(9-16(14)20)12-5-3-2-4-6-12/h2-9,11H,10H2,1H3,(H2,21,23,24,26). The number of anilines is 1. The molecule has 0 unspecified atom stereocenters. The number of benzene rings is 2. The largest absolute Gasteiger partial charge is 0.351 e. The van der Waals surface area contributed by atoms with Crippen molar-refractivity contribution in [2.75, 3.05) is 5.32 Å². The molecule has 0 radical (unpaired) electrons. The van der Waals surface area contributed by atoms with Gasteiger partial charge in [-0.15, -0.1) is 0 Å². The molecule has 0 aliphatic heterocycles. The van der Waals surface area contributed by atoms with Gasteiger partial charge in [0.05, 0.1) is 6.20 Å². The van der Waals surface area contributed by atoms with Crippen molar-refractivity contribution >= 4 is 17.0 Å². The summed E-state index contributed by atoms with van der Waals surface area (Å²) in [6.07, 6.45) is 1.47. The van der Waals surface area contributed by atoms with Crippen molar-refractivity contribution in [1.29, 1.82) is 0 Å². The monoisotopic (exact) mass is 349 g/mol. The Labute approximate surface area is 148 Å². The Morgan fingerprint density at radius 2 is 1.96 bits per heavy atom. The normalized spacial score (nSPS) is 11.0. The second-order valence-corrected chi connectivity index (χ2v) is 5.95. The van der Waals surface area contributed by atoms with Crippen molar-refractivity contribution in [1.82, 2.24) is 19.7 Å². The van der Waals surface area contributed by atoms with Gasteiger partial charge in [-0.2, -0.15) is 10.1 Å². The Morgan fingerprint density at radius 3 is 2.73 bits per heavy atom. The molecule has 7 heteroatoms. The first-order valence-corrected chi connectivity index (χ1v) is 8.11. The van der Waals surface area contributed by atoms with E-state index in [1.165, 1.54) is 16.9 Å². The fourth-order valence-electron chi connectivity index (χ4n) is 2.80. The molecule has 130 valence electrons.